The summed E-state index contributed by atoms with van der Waals surface area (Å²) in [5, 5.41) is 13.0. The molecule has 0 atom stereocenters. The quantitative estimate of drug-likeness (QED) is 0.134. The van der Waals surface area contributed by atoms with Crippen molar-refractivity contribution in [3.05, 3.63) is 89.7 Å². The highest BCUT2D eigenvalue weighted by Crippen LogP contribution is 2.44. The maximum absolute atomic E-state index is 13.8. The molecule has 0 bridgehead atoms. The van der Waals surface area contributed by atoms with E-state index < -0.39 is 7.14 Å². The van der Waals surface area contributed by atoms with E-state index in [2.05, 4.69) is 81.8 Å². The highest BCUT2D eigenvalue weighted by atomic mass is 79.9. The van der Waals surface area contributed by atoms with Crippen LogP contribution in [0.2, 0.25) is 0 Å². The van der Waals surface area contributed by atoms with E-state index in [1.165, 1.54) is 12.8 Å². The highest BCUT2D eigenvalue weighted by molar-refractivity contribution is 9.10. The second-order valence-corrected chi connectivity index (χ2v) is 17.7. The maximum Gasteiger partial charge on any atom is 0.229 e. The number of nitrogens with zero attached hydrogens (tertiary/aromatic N) is 8. The summed E-state index contributed by atoms with van der Waals surface area (Å²) < 4.78 is 22.2. The Hall–Kier alpha value is -5.00. The van der Waals surface area contributed by atoms with Gasteiger partial charge in [0.15, 0.2) is 0 Å². The first-order chi connectivity index (χ1) is 25.1. The van der Waals surface area contributed by atoms with Gasteiger partial charge in [-0.15, -0.1) is 0 Å². The number of rotatable bonds is 10. The van der Waals surface area contributed by atoms with E-state index in [0.717, 1.165) is 76.3 Å². The van der Waals surface area contributed by atoms with E-state index in [0.29, 0.717) is 33.6 Å². The number of anilines is 6. The zero-order valence-electron chi connectivity index (χ0n) is 29.5. The molecule has 1 aliphatic heterocycles. The third-order valence-corrected chi connectivity index (χ3v) is 11.7. The number of aryl methyl sites for hydroxylation is 1. The SMILES string of the molecule is COc1cc(N2CCN(c3cccnc3)CC2)c(-c2cnn(C)c2)cc1Nc1ncc(Br)c(Nc2ccc3nc(C4CC4)ccc3c2P(C)(C)=O)n1. The summed E-state index contributed by atoms with van der Waals surface area (Å²) in [6.45, 7) is 6.98. The lowest BCUT2D eigenvalue weighted by Gasteiger charge is -2.38. The fourth-order valence-corrected chi connectivity index (χ4v) is 8.66. The van der Waals surface area contributed by atoms with Gasteiger partial charge in [0.25, 0.3) is 0 Å². The molecule has 6 aromatic rings. The molecule has 1 aliphatic carbocycles. The number of halogens is 1. The minimum atomic E-state index is -2.73. The van der Waals surface area contributed by atoms with Crippen LogP contribution in [0.25, 0.3) is 22.0 Å². The number of fused-ring (bicyclic) bond motifs is 1. The van der Waals surface area contributed by atoms with Crippen molar-refractivity contribution < 1.29 is 9.30 Å². The highest BCUT2D eigenvalue weighted by Gasteiger charge is 2.27. The zero-order chi connectivity index (χ0) is 36.0. The number of hydrogen-bond donors (Lipinski definition) is 2. The van der Waals surface area contributed by atoms with Crippen molar-refractivity contribution in [3.8, 4) is 16.9 Å². The Bertz CT molecular complexity index is 2320. The molecule has 2 N–H and O–H groups in total. The van der Waals surface area contributed by atoms with Crippen LogP contribution in [0.15, 0.2) is 84.0 Å². The molecule has 5 heterocycles. The fourth-order valence-electron chi connectivity index (χ4n) is 6.89. The molecule has 8 rings (SSSR count). The number of pyridine rings is 2. The van der Waals surface area contributed by atoms with Crippen molar-refractivity contribution in [1.29, 1.82) is 0 Å². The van der Waals surface area contributed by atoms with Gasteiger partial charge in [-0.3, -0.25) is 14.6 Å². The fraction of sp³-hybridized carbons (Fsp3) is 0.289. The van der Waals surface area contributed by atoms with Crippen molar-refractivity contribution in [1.82, 2.24) is 29.7 Å². The van der Waals surface area contributed by atoms with Gasteiger partial charge in [-0.2, -0.15) is 10.1 Å². The molecule has 2 fully saturated rings. The molecule has 4 aromatic heterocycles. The van der Waals surface area contributed by atoms with Gasteiger partial charge < -0.3 is 29.7 Å². The Balaban J connectivity index is 1.11. The van der Waals surface area contributed by atoms with Gasteiger partial charge in [-0.25, -0.2) is 4.98 Å². The Labute approximate surface area is 311 Å². The Kier molecular flexibility index (Phi) is 9.09. The first-order valence-electron chi connectivity index (χ1n) is 17.3. The number of nitrogens with one attached hydrogen (secondary N) is 2. The van der Waals surface area contributed by atoms with Gasteiger partial charge >= 0.3 is 0 Å². The van der Waals surface area contributed by atoms with Crippen molar-refractivity contribution in [2.75, 3.05) is 67.1 Å². The minimum Gasteiger partial charge on any atom is -0.494 e. The van der Waals surface area contributed by atoms with E-state index in [1.807, 2.05) is 43.8 Å². The van der Waals surface area contributed by atoms with E-state index in [-0.39, 0.29) is 0 Å². The number of piperazine rings is 1. The number of aromatic nitrogens is 6. The molecule has 0 spiro atoms. The monoisotopic (exact) mass is 778 g/mol. The normalized spacial score (nSPS) is 14.9. The second-order valence-electron chi connectivity index (χ2n) is 13.7. The molecule has 0 amide bonds. The van der Waals surface area contributed by atoms with Crippen LogP contribution >= 0.6 is 23.1 Å². The molecule has 1 saturated carbocycles. The Morgan fingerprint density at radius 3 is 2.42 bits per heavy atom. The summed E-state index contributed by atoms with van der Waals surface area (Å²) in [6, 6.07) is 16.3. The second kappa shape index (κ2) is 13.9. The molecule has 0 unspecified atom stereocenters. The number of ether oxygens (including phenoxy) is 1. The summed E-state index contributed by atoms with van der Waals surface area (Å²) >= 11 is 3.63. The minimum absolute atomic E-state index is 0.369. The predicted molar refractivity (Wildman–Crippen MR) is 213 cm³/mol. The van der Waals surface area contributed by atoms with Crippen LogP contribution in [-0.4, -0.2) is 76.3 Å². The van der Waals surface area contributed by atoms with Crippen LogP contribution in [0.5, 0.6) is 5.75 Å². The molecular weight excluding hydrogens is 739 g/mol. The molecule has 2 aromatic carbocycles. The lowest BCUT2D eigenvalue weighted by molar-refractivity contribution is 0.416. The molecule has 12 nitrogen and oxygen atoms in total. The van der Waals surface area contributed by atoms with Gasteiger partial charge in [-0.1, -0.05) is 6.07 Å². The Morgan fingerprint density at radius 1 is 0.923 bits per heavy atom. The summed E-state index contributed by atoms with van der Waals surface area (Å²) in [7, 11) is 0.854. The van der Waals surface area contributed by atoms with Crippen molar-refractivity contribution in [2.45, 2.75) is 18.8 Å². The third kappa shape index (κ3) is 6.95. The van der Waals surface area contributed by atoms with Gasteiger partial charge in [0.05, 0.1) is 46.6 Å². The summed E-state index contributed by atoms with van der Waals surface area (Å²) in [6.07, 6.45) is 11.7. The Morgan fingerprint density at radius 2 is 1.73 bits per heavy atom. The average Bonchev–Trinajstić information content (AvgIpc) is 3.92. The zero-order valence-corrected chi connectivity index (χ0v) is 32.0. The van der Waals surface area contributed by atoms with E-state index in [1.54, 1.807) is 37.5 Å². The molecule has 2 aliphatic rings. The smallest absolute Gasteiger partial charge is 0.229 e. The predicted octanol–water partition coefficient (Wildman–Crippen LogP) is 7.53. The lowest BCUT2D eigenvalue weighted by Crippen LogP contribution is -2.46. The first kappa shape index (κ1) is 34.1. The van der Waals surface area contributed by atoms with Crippen LogP contribution in [0.1, 0.15) is 24.5 Å². The van der Waals surface area contributed by atoms with Crippen molar-refractivity contribution >= 4 is 73.8 Å². The molecular formula is C38H40BrN10O2P. The van der Waals surface area contributed by atoms with Crippen molar-refractivity contribution in [2.24, 2.45) is 7.05 Å². The molecule has 0 radical (unpaired) electrons. The largest absolute Gasteiger partial charge is 0.494 e. The van der Waals surface area contributed by atoms with Gasteiger partial charge in [0.2, 0.25) is 5.95 Å². The maximum atomic E-state index is 13.8. The van der Waals surface area contributed by atoms with Crippen LogP contribution < -0.4 is 30.5 Å². The third-order valence-electron chi connectivity index (χ3n) is 9.61. The van der Waals surface area contributed by atoms with E-state index in [4.69, 9.17) is 14.7 Å². The number of methoxy groups -OCH3 is 1. The molecule has 1 saturated heterocycles. The van der Waals surface area contributed by atoms with Crippen LogP contribution in [0.3, 0.4) is 0 Å². The van der Waals surface area contributed by atoms with Crippen LogP contribution in [0, 0.1) is 0 Å². The summed E-state index contributed by atoms with van der Waals surface area (Å²) in [5.74, 6) is 2.09. The lowest BCUT2D eigenvalue weighted by atomic mass is 10.0. The topological polar surface area (TPSA) is 126 Å². The van der Waals surface area contributed by atoms with E-state index >= 15 is 0 Å². The first-order valence-corrected chi connectivity index (χ1v) is 20.7. The van der Waals surface area contributed by atoms with Gasteiger partial charge in [-0.05, 0) is 78.5 Å². The van der Waals surface area contributed by atoms with Crippen LogP contribution in [-0.2, 0) is 11.6 Å². The molecule has 266 valence electrons. The molecule has 52 heavy (non-hydrogen) atoms. The van der Waals surface area contributed by atoms with E-state index in [9.17, 15) is 4.57 Å². The number of benzene rings is 2. The summed E-state index contributed by atoms with van der Waals surface area (Å²) in [5.41, 5.74) is 7.59. The molecule has 14 heteroatoms. The summed E-state index contributed by atoms with van der Waals surface area (Å²) in [4.78, 5) is 23.4. The van der Waals surface area contributed by atoms with Gasteiger partial charge in [0, 0.05) is 97.0 Å². The van der Waals surface area contributed by atoms with Crippen LogP contribution in [0.4, 0.5) is 34.5 Å². The number of hydrogen-bond acceptors (Lipinski definition) is 11. The van der Waals surface area contributed by atoms with Crippen molar-refractivity contribution in [3.63, 3.8) is 0 Å². The van der Waals surface area contributed by atoms with Gasteiger partial charge in [0.1, 0.15) is 18.7 Å². The average molecular weight is 780 g/mol. The standard InChI is InChI=1S/C38H40BrN10O2P/c1-47-23-25(20-42-47)28-18-33(35(51-2)19-34(28)49-16-14-48(15-17-49)26-6-5-13-40-21-26)45-38-41-22-29(39)37(46-38)44-32-12-11-31-27(36(32)52(3,4)50)9-10-30(43-31)24-7-8-24/h5-6,9-13,18-24H,7-8,14-17H2,1-4H3,(H2,41,44,45,46).